The largest absolute Gasteiger partial charge is 0.493 e. The topological polar surface area (TPSA) is 85.6 Å². The minimum absolute atomic E-state index is 0. The average molecular weight is 569 g/mol. The number of nitrogens with one attached hydrogen (secondary N) is 2. The third kappa shape index (κ3) is 6.51. The third-order valence-electron chi connectivity index (χ3n) is 6.18. The number of methoxy groups -OCH3 is 1. The number of guanidine groups is 1. The monoisotopic (exact) mass is 568 g/mol. The van der Waals surface area contributed by atoms with Crippen LogP contribution < -0.4 is 20.1 Å². The summed E-state index contributed by atoms with van der Waals surface area (Å²) in [4.78, 5) is 9.50. The molecule has 1 atom stereocenters. The zero-order valence-electron chi connectivity index (χ0n) is 20.0. The van der Waals surface area contributed by atoms with Gasteiger partial charge in [-0.25, -0.2) is 14.7 Å². The van der Waals surface area contributed by atoms with E-state index in [0.29, 0.717) is 6.54 Å². The summed E-state index contributed by atoms with van der Waals surface area (Å²) in [5.41, 5.74) is 1.04. The minimum Gasteiger partial charge on any atom is -0.493 e. The average Bonchev–Trinajstić information content (AvgIpc) is 3.47. The lowest BCUT2D eigenvalue weighted by Gasteiger charge is -2.25. The molecule has 182 valence electrons. The Bertz CT molecular complexity index is 926. The molecule has 1 aliphatic heterocycles. The van der Waals surface area contributed by atoms with Crippen molar-refractivity contribution >= 4 is 29.9 Å². The second-order valence-electron chi connectivity index (χ2n) is 8.53. The molecule has 2 aliphatic rings. The lowest BCUT2D eigenvalue weighted by Crippen LogP contribution is -2.47. The van der Waals surface area contributed by atoms with Gasteiger partial charge in [0.25, 0.3) is 0 Å². The van der Waals surface area contributed by atoms with Crippen LogP contribution in [0, 0.1) is 0 Å². The SMILES string of the molecule is CCNC(=NCc1cccc(OC)c1OC1CCCC1)NC1CCc2nc(CC)nn2C1.I. The van der Waals surface area contributed by atoms with Crippen LogP contribution in [0.2, 0.25) is 0 Å². The van der Waals surface area contributed by atoms with Gasteiger partial charge in [-0.1, -0.05) is 19.1 Å². The maximum Gasteiger partial charge on any atom is 0.191 e. The number of rotatable bonds is 8. The first-order valence-corrected chi connectivity index (χ1v) is 12.0. The number of ether oxygens (including phenoxy) is 2. The van der Waals surface area contributed by atoms with Gasteiger partial charge in [-0.15, -0.1) is 24.0 Å². The summed E-state index contributed by atoms with van der Waals surface area (Å²) in [6, 6.07) is 6.31. The number of hydrogen-bond acceptors (Lipinski definition) is 5. The van der Waals surface area contributed by atoms with Crippen molar-refractivity contribution in [3.63, 3.8) is 0 Å². The molecule has 1 unspecified atom stereocenters. The van der Waals surface area contributed by atoms with Crippen molar-refractivity contribution < 1.29 is 9.47 Å². The van der Waals surface area contributed by atoms with E-state index in [1.54, 1.807) is 7.11 Å². The molecule has 0 amide bonds. The Morgan fingerprint density at radius 1 is 1.21 bits per heavy atom. The standard InChI is InChI=1S/C24H36N6O2.HI/c1-4-21-28-22-14-13-18(16-30(22)29-21)27-24(25-5-2)26-15-17-9-8-12-20(31-3)23(17)32-19-10-6-7-11-19;/h8-9,12,18-19H,4-7,10-11,13-16H2,1-3H3,(H2,25,26,27);1H. The molecule has 9 heteroatoms. The summed E-state index contributed by atoms with van der Waals surface area (Å²) >= 11 is 0. The number of aliphatic imine (C=N–C) groups is 1. The van der Waals surface area contributed by atoms with E-state index in [-0.39, 0.29) is 36.1 Å². The van der Waals surface area contributed by atoms with Gasteiger partial charge in [0, 0.05) is 31.0 Å². The summed E-state index contributed by atoms with van der Waals surface area (Å²) in [7, 11) is 1.70. The second kappa shape index (κ2) is 12.4. The highest BCUT2D eigenvalue weighted by molar-refractivity contribution is 14.0. The fourth-order valence-electron chi connectivity index (χ4n) is 4.46. The van der Waals surface area contributed by atoms with Gasteiger partial charge in [-0.3, -0.25) is 0 Å². The molecule has 1 fully saturated rings. The quantitative estimate of drug-likeness (QED) is 0.286. The molecule has 8 nitrogen and oxygen atoms in total. The van der Waals surface area contributed by atoms with Crippen molar-refractivity contribution in [3.05, 3.63) is 35.4 Å². The van der Waals surface area contributed by atoms with Crippen LogP contribution in [0.5, 0.6) is 11.5 Å². The molecule has 1 aliphatic carbocycles. The molecule has 0 spiro atoms. The first-order valence-electron chi connectivity index (χ1n) is 12.0. The van der Waals surface area contributed by atoms with E-state index in [0.717, 1.165) is 79.9 Å². The fourth-order valence-corrected chi connectivity index (χ4v) is 4.46. The van der Waals surface area contributed by atoms with E-state index in [4.69, 9.17) is 14.5 Å². The normalized spacial score (nSPS) is 18.4. The Kier molecular flexibility index (Phi) is 9.64. The smallest absolute Gasteiger partial charge is 0.191 e. The lowest BCUT2D eigenvalue weighted by atomic mass is 10.1. The lowest BCUT2D eigenvalue weighted by molar-refractivity contribution is 0.198. The van der Waals surface area contributed by atoms with Gasteiger partial charge in [0.05, 0.1) is 26.3 Å². The highest BCUT2D eigenvalue weighted by Gasteiger charge is 2.23. The van der Waals surface area contributed by atoms with Gasteiger partial charge in [0.15, 0.2) is 23.3 Å². The van der Waals surface area contributed by atoms with Gasteiger partial charge in [0.2, 0.25) is 0 Å². The first kappa shape index (κ1) is 25.6. The maximum absolute atomic E-state index is 6.37. The van der Waals surface area contributed by atoms with Crippen molar-refractivity contribution in [2.45, 2.75) is 84.0 Å². The third-order valence-corrected chi connectivity index (χ3v) is 6.18. The first-order chi connectivity index (χ1) is 15.7. The van der Waals surface area contributed by atoms with Crippen LogP contribution >= 0.6 is 24.0 Å². The van der Waals surface area contributed by atoms with E-state index in [1.807, 2.05) is 16.8 Å². The summed E-state index contributed by atoms with van der Waals surface area (Å²) in [5, 5.41) is 11.6. The number of benzene rings is 1. The maximum atomic E-state index is 6.37. The summed E-state index contributed by atoms with van der Waals surface area (Å²) in [6.45, 7) is 6.31. The van der Waals surface area contributed by atoms with Crippen LogP contribution in [-0.2, 0) is 25.9 Å². The van der Waals surface area contributed by atoms with Crippen molar-refractivity contribution in [2.24, 2.45) is 4.99 Å². The number of nitrogens with zero attached hydrogens (tertiary/aromatic N) is 4. The Balaban J connectivity index is 0.00000306. The molecular formula is C24H37IN6O2. The van der Waals surface area contributed by atoms with E-state index >= 15 is 0 Å². The van der Waals surface area contributed by atoms with Crippen molar-refractivity contribution in [1.29, 1.82) is 0 Å². The Labute approximate surface area is 214 Å². The van der Waals surface area contributed by atoms with Crippen LogP contribution in [0.25, 0.3) is 0 Å². The minimum atomic E-state index is 0. The van der Waals surface area contributed by atoms with Crippen LogP contribution in [-0.4, -0.2) is 46.5 Å². The highest BCUT2D eigenvalue weighted by atomic mass is 127. The zero-order chi connectivity index (χ0) is 22.3. The predicted molar refractivity (Wildman–Crippen MR) is 141 cm³/mol. The molecule has 0 bridgehead atoms. The molecule has 4 rings (SSSR count). The van der Waals surface area contributed by atoms with Crippen molar-refractivity contribution in [1.82, 2.24) is 25.4 Å². The van der Waals surface area contributed by atoms with E-state index < -0.39 is 0 Å². The number of aromatic nitrogens is 3. The zero-order valence-corrected chi connectivity index (χ0v) is 22.3. The molecule has 1 saturated carbocycles. The number of halogens is 1. The van der Waals surface area contributed by atoms with Crippen molar-refractivity contribution in [2.75, 3.05) is 13.7 Å². The molecule has 2 aromatic rings. The Morgan fingerprint density at radius 3 is 2.76 bits per heavy atom. The molecule has 0 radical (unpaired) electrons. The van der Waals surface area contributed by atoms with E-state index in [1.165, 1.54) is 12.8 Å². The summed E-state index contributed by atoms with van der Waals surface area (Å²) in [6.07, 6.45) is 7.77. The molecule has 1 aromatic carbocycles. The Hall–Kier alpha value is -2.04. The van der Waals surface area contributed by atoms with Crippen molar-refractivity contribution in [3.8, 4) is 11.5 Å². The molecule has 0 saturated heterocycles. The number of hydrogen-bond donors (Lipinski definition) is 2. The van der Waals surface area contributed by atoms with Gasteiger partial charge in [0.1, 0.15) is 5.82 Å². The van der Waals surface area contributed by atoms with Crippen LogP contribution in [0.4, 0.5) is 0 Å². The van der Waals surface area contributed by atoms with Crippen LogP contribution in [0.3, 0.4) is 0 Å². The van der Waals surface area contributed by atoms with Crippen LogP contribution in [0.15, 0.2) is 23.2 Å². The second-order valence-corrected chi connectivity index (χ2v) is 8.53. The van der Waals surface area contributed by atoms with Crippen LogP contribution in [0.1, 0.15) is 63.2 Å². The van der Waals surface area contributed by atoms with E-state index in [9.17, 15) is 0 Å². The van der Waals surface area contributed by atoms with Gasteiger partial charge in [-0.2, -0.15) is 5.10 Å². The highest BCUT2D eigenvalue weighted by Crippen LogP contribution is 2.35. The Morgan fingerprint density at radius 2 is 2.03 bits per heavy atom. The fraction of sp³-hybridized carbons (Fsp3) is 0.625. The summed E-state index contributed by atoms with van der Waals surface area (Å²) in [5.74, 6) is 4.44. The molecule has 2 heterocycles. The van der Waals surface area contributed by atoms with E-state index in [2.05, 4.69) is 40.6 Å². The molecule has 2 N–H and O–H groups in total. The predicted octanol–water partition coefficient (Wildman–Crippen LogP) is 3.86. The number of aryl methyl sites for hydroxylation is 2. The van der Waals surface area contributed by atoms with Gasteiger partial charge >= 0.3 is 0 Å². The molecular weight excluding hydrogens is 531 g/mol. The van der Waals surface area contributed by atoms with Gasteiger partial charge in [-0.05, 0) is 45.1 Å². The molecule has 33 heavy (non-hydrogen) atoms. The summed E-state index contributed by atoms with van der Waals surface area (Å²) < 4.78 is 14.0. The number of para-hydroxylation sites is 1. The van der Waals surface area contributed by atoms with Gasteiger partial charge < -0.3 is 20.1 Å². The number of fused-ring (bicyclic) bond motifs is 1. The molecule has 1 aromatic heterocycles.